The summed E-state index contributed by atoms with van der Waals surface area (Å²) in [5, 5.41) is 9.18. The molecule has 3 aromatic heterocycles. The van der Waals surface area contributed by atoms with Crippen LogP contribution >= 0.6 is 0 Å². The van der Waals surface area contributed by atoms with Crippen molar-refractivity contribution < 1.29 is 4.42 Å². The quantitative estimate of drug-likeness (QED) is 0.188. The molecule has 0 radical (unpaired) electrons. The molecule has 0 saturated heterocycles. The third-order valence-electron chi connectivity index (χ3n) is 10.6. The van der Waals surface area contributed by atoms with Gasteiger partial charge in [0.05, 0.1) is 22.4 Å². The molecule has 8 aromatic carbocycles. The number of hydrogen-bond acceptors (Lipinski definition) is 2. The summed E-state index contributed by atoms with van der Waals surface area (Å²) in [7, 11) is 0. The minimum atomic E-state index is 0.881. The summed E-state index contributed by atoms with van der Waals surface area (Å²) in [5.41, 5.74) is 11.7. The normalized spacial score (nSPS) is 11.8. The first-order chi connectivity index (χ1) is 25.8. The van der Waals surface area contributed by atoms with Gasteiger partial charge in [0, 0.05) is 49.1 Å². The molecule has 3 heteroatoms. The zero-order valence-corrected chi connectivity index (χ0v) is 28.1. The van der Waals surface area contributed by atoms with Crippen molar-refractivity contribution in [3.05, 3.63) is 182 Å². The second-order valence-electron chi connectivity index (χ2n) is 13.5. The van der Waals surface area contributed by atoms with E-state index >= 15 is 0 Å². The highest BCUT2D eigenvalue weighted by atomic mass is 16.3. The Morgan fingerprint density at radius 3 is 1.98 bits per heavy atom. The van der Waals surface area contributed by atoms with Crippen LogP contribution in [0.15, 0.2) is 186 Å². The summed E-state index contributed by atoms with van der Waals surface area (Å²) in [5.74, 6) is 0. The molecule has 11 aromatic rings. The first-order valence-electron chi connectivity index (χ1n) is 17.7. The first-order valence-corrected chi connectivity index (χ1v) is 17.7. The Bertz CT molecular complexity index is 3170. The summed E-state index contributed by atoms with van der Waals surface area (Å²) in [6.45, 7) is 0. The van der Waals surface area contributed by atoms with Gasteiger partial charge in [0.1, 0.15) is 11.2 Å². The Morgan fingerprint density at radius 2 is 1.12 bits per heavy atom. The molecule has 0 fully saturated rings. The molecular formula is C49H30N2O. The lowest BCUT2D eigenvalue weighted by atomic mass is 9.96. The van der Waals surface area contributed by atoms with E-state index in [0.717, 1.165) is 71.8 Å². The van der Waals surface area contributed by atoms with Gasteiger partial charge in [-0.25, -0.2) is 4.98 Å². The molecule has 3 nitrogen and oxygen atoms in total. The van der Waals surface area contributed by atoms with E-state index in [9.17, 15) is 0 Å². The van der Waals surface area contributed by atoms with E-state index in [-0.39, 0.29) is 0 Å². The molecule has 11 rings (SSSR count). The Balaban J connectivity index is 1.17. The molecule has 0 aliphatic heterocycles. The summed E-state index contributed by atoms with van der Waals surface area (Å²) < 4.78 is 9.01. The van der Waals surface area contributed by atoms with Gasteiger partial charge in [-0.05, 0) is 76.5 Å². The fourth-order valence-corrected chi connectivity index (χ4v) is 8.16. The molecule has 0 saturated carbocycles. The van der Waals surface area contributed by atoms with E-state index in [1.807, 2.05) is 0 Å². The van der Waals surface area contributed by atoms with Gasteiger partial charge in [-0.3, -0.25) is 0 Å². The number of fused-ring (bicyclic) bond motifs is 10. The molecule has 0 aliphatic carbocycles. The molecule has 0 unspecified atom stereocenters. The van der Waals surface area contributed by atoms with Crippen molar-refractivity contribution in [1.82, 2.24) is 9.55 Å². The Morgan fingerprint density at radius 1 is 0.404 bits per heavy atom. The lowest BCUT2D eigenvalue weighted by Gasteiger charge is -2.12. The highest BCUT2D eigenvalue weighted by Crippen LogP contribution is 2.42. The largest absolute Gasteiger partial charge is 0.455 e. The predicted molar refractivity (Wildman–Crippen MR) is 217 cm³/mol. The van der Waals surface area contributed by atoms with Gasteiger partial charge in [0.2, 0.25) is 0 Å². The van der Waals surface area contributed by atoms with Gasteiger partial charge >= 0.3 is 0 Å². The van der Waals surface area contributed by atoms with Gasteiger partial charge in [0.25, 0.3) is 0 Å². The Kier molecular flexibility index (Phi) is 6.25. The van der Waals surface area contributed by atoms with Crippen molar-refractivity contribution in [1.29, 1.82) is 0 Å². The maximum absolute atomic E-state index is 6.63. The van der Waals surface area contributed by atoms with Gasteiger partial charge in [0.15, 0.2) is 0 Å². The van der Waals surface area contributed by atoms with Gasteiger partial charge in [-0.2, -0.15) is 0 Å². The maximum atomic E-state index is 6.63. The number of para-hydroxylation sites is 1. The smallest absolute Gasteiger partial charge is 0.143 e. The van der Waals surface area contributed by atoms with Crippen LogP contribution in [-0.4, -0.2) is 9.55 Å². The zero-order chi connectivity index (χ0) is 34.2. The standard InChI is InChI=1S/C49H30N2O/c1-3-12-31(13-4-1)34-17-11-18-36(28-34)51-44-21-10-9-20-38(44)41-29-35(23-26-45(41)51)43-30-42-39(48(50-43)33-15-5-2-6-16-33)25-27-46-47(42)40-24-22-32-14-7-8-19-37(32)49(40)52-46/h1-30H. The lowest BCUT2D eigenvalue weighted by molar-refractivity contribution is 0.673. The van der Waals surface area contributed by atoms with E-state index < -0.39 is 0 Å². The van der Waals surface area contributed by atoms with E-state index in [0.29, 0.717) is 0 Å². The second kappa shape index (κ2) is 11.3. The summed E-state index contributed by atoms with van der Waals surface area (Å²) in [4.78, 5) is 5.42. The third kappa shape index (κ3) is 4.36. The minimum Gasteiger partial charge on any atom is -0.455 e. The molecule has 0 atom stereocenters. The van der Waals surface area contributed by atoms with E-state index in [4.69, 9.17) is 9.40 Å². The van der Waals surface area contributed by atoms with Crippen molar-refractivity contribution in [2.45, 2.75) is 0 Å². The van der Waals surface area contributed by atoms with Crippen molar-refractivity contribution in [3.8, 4) is 39.3 Å². The topological polar surface area (TPSA) is 31.0 Å². The lowest BCUT2D eigenvalue weighted by Crippen LogP contribution is -1.94. The zero-order valence-electron chi connectivity index (χ0n) is 28.1. The number of pyridine rings is 1. The fourth-order valence-electron chi connectivity index (χ4n) is 8.16. The summed E-state index contributed by atoms with van der Waals surface area (Å²) in [6.07, 6.45) is 0. The van der Waals surface area contributed by atoms with Crippen LogP contribution in [0.3, 0.4) is 0 Å². The van der Waals surface area contributed by atoms with Crippen molar-refractivity contribution in [3.63, 3.8) is 0 Å². The third-order valence-corrected chi connectivity index (χ3v) is 10.6. The van der Waals surface area contributed by atoms with Crippen molar-refractivity contribution >= 4 is 65.3 Å². The molecular weight excluding hydrogens is 633 g/mol. The molecule has 0 aliphatic rings. The molecule has 0 bridgehead atoms. The summed E-state index contributed by atoms with van der Waals surface area (Å²) >= 11 is 0. The average molecular weight is 663 g/mol. The van der Waals surface area contributed by atoms with Crippen LogP contribution in [0.4, 0.5) is 0 Å². The van der Waals surface area contributed by atoms with Crippen molar-refractivity contribution in [2.24, 2.45) is 0 Å². The van der Waals surface area contributed by atoms with Crippen LogP contribution < -0.4 is 0 Å². The summed E-state index contributed by atoms with van der Waals surface area (Å²) in [6, 6.07) is 64.8. The molecule has 52 heavy (non-hydrogen) atoms. The number of furan rings is 1. The monoisotopic (exact) mass is 662 g/mol. The van der Waals surface area contributed by atoms with E-state index in [1.165, 1.54) is 32.8 Å². The van der Waals surface area contributed by atoms with Crippen LogP contribution in [0.2, 0.25) is 0 Å². The average Bonchev–Trinajstić information content (AvgIpc) is 3.77. The van der Waals surface area contributed by atoms with Gasteiger partial charge in [-0.1, -0.05) is 127 Å². The van der Waals surface area contributed by atoms with Crippen LogP contribution in [0, 0.1) is 0 Å². The minimum absolute atomic E-state index is 0.881. The van der Waals surface area contributed by atoms with Gasteiger partial charge in [-0.15, -0.1) is 0 Å². The fraction of sp³-hybridized carbons (Fsp3) is 0. The molecule has 3 heterocycles. The second-order valence-corrected chi connectivity index (χ2v) is 13.5. The molecule has 0 amide bonds. The predicted octanol–water partition coefficient (Wildman–Crippen LogP) is 13.4. The molecule has 0 N–H and O–H groups in total. The number of nitrogens with zero attached hydrogens (tertiary/aromatic N) is 2. The highest BCUT2D eigenvalue weighted by molar-refractivity contribution is 6.24. The van der Waals surface area contributed by atoms with E-state index in [2.05, 4.69) is 187 Å². The van der Waals surface area contributed by atoms with Crippen LogP contribution in [-0.2, 0) is 0 Å². The number of rotatable bonds is 4. The number of aromatic nitrogens is 2. The number of hydrogen-bond donors (Lipinski definition) is 0. The highest BCUT2D eigenvalue weighted by Gasteiger charge is 2.19. The Labute approximate surface area is 299 Å². The van der Waals surface area contributed by atoms with E-state index in [1.54, 1.807) is 0 Å². The maximum Gasteiger partial charge on any atom is 0.143 e. The Hall–Kier alpha value is -6.97. The van der Waals surface area contributed by atoms with Crippen LogP contribution in [0.1, 0.15) is 0 Å². The van der Waals surface area contributed by atoms with Gasteiger partial charge < -0.3 is 8.98 Å². The van der Waals surface area contributed by atoms with Crippen LogP contribution in [0.25, 0.3) is 105 Å². The number of benzene rings is 8. The molecule has 242 valence electrons. The van der Waals surface area contributed by atoms with Crippen molar-refractivity contribution in [2.75, 3.05) is 0 Å². The SMILES string of the molecule is c1ccc(-c2cccc(-n3c4ccccc4c4cc(-c5cc6c(ccc7oc8c9ccccc9ccc8c76)c(-c6ccccc6)n5)ccc43)c2)cc1. The van der Waals surface area contributed by atoms with Crippen LogP contribution in [0.5, 0.6) is 0 Å². The first kappa shape index (κ1) is 28.8. The molecule has 0 spiro atoms.